The number of hydrogen-bond acceptors (Lipinski definition) is 5. The summed E-state index contributed by atoms with van der Waals surface area (Å²) in [6.07, 6.45) is 1.59. The summed E-state index contributed by atoms with van der Waals surface area (Å²) in [5.74, 6) is -0.805. The second kappa shape index (κ2) is 8.31. The Balaban J connectivity index is 2.24. The molecule has 0 bridgehead atoms. The van der Waals surface area contributed by atoms with Gasteiger partial charge in [-0.15, -0.1) is 0 Å². The van der Waals surface area contributed by atoms with Crippen molar-refractivity contribution in [2.45, 2.75) is 25.8 Å². The van der Waals surface area contributed by atoms with Crippen molar-refractivity contribution in [3.05, 3.63) is 34.9 Å². The molecular formula is C17H22ClNO4. The molecule has 0 N–H and O–H groups in total. The minimum atomic E-state index is -0.606. The number of carbonyl (C=O) groups is 2. The van der Waals surface area contributed by atoms with Crippen LogP contribution in [0.4, 0.5) is 0 Å². The fraction of sp³-hybridized carbons (Fsp3) is 0.529. The highest BCUT2D eigenvalue weighted by Crippen LogP contribution is 2.32. The lowest BCUT2D eigenvalue weighted by molar-refractivity contribution is -0.154. The summed E-state index contributed by atoms with van der Waals surface area (Å²) in [6.45, 7) is 3.32. The van der Waals surface area contributed by atoms with Crippen LogP contribution >= 0.6 is 11.6 Å². The molecule has 1 aliphatic rings. The van der Waals surface area contributed by atoms with Crippen LogP contribution in [0, 0.1) is 5.92 Å². The maximum absolute atomic E-state index is 12.3. The summed E-state index contributed by atoms with van der Waals surface area (Å²) in [6, 6.07) is 6.62. The standard InChI is InChI=1S/C17H22ClNO4/c1-3-23-16(20)12-7-6-10-19(11-12)15(17(21)22-2)13-8-4-5-9-14(13)18/h4-5,8-9,12,15H,3,6-7,10-11H2,1-2H3. The molecule has 1 heterocycles. The van der Waals surface area contributed by atoms with E-state index < -0.39 is 6.04 Å². The van der Waals surface area contributed by atoms with E-state index in [9.17, 15) is 9.59 Å². The largest absolute Gasteiger partial charge is 0.468 e. The molecule has 1 aromatic carbocycles. The second-order valence-electron chi connectivity index (χ2n) is 5.53. The van der Waals surface area contributed by atoms with E-state index in [0.29, 0.717) is 30.3 Å². The van der Waals surface area contributed by atoms with Crippen molar-refractivity contribution in [1.29, 1.82) is 0 Å². The maximum Gasteiger partial charge on any atom is 0.327 e. The molecule has 1 saturated heterocycles. The van der Waals surface area contributed by atoms with E-state index in [4.69, 9.17) is 21.1 Å². The molecule has 0 aromatic heterocycles. The van der Waals surface area contributed by atoms with Gasteiger partial charge in [0.15, 0.2) is 0 Å². The van der Waals surface area contributed by atoms with Crippen molar-refractivity contribution in [1.82, 2.24) is 4.90 Å². The van der Waals surface area contributed by atoms with E-state index in [2.05, 4.69) is 0 Å². The Morgan fingerprint density at radius 1 is 1.39 bits per heavy atom. The third-order valence-electron chi connectivity index (χ3n) is 4.06. The highest BCUT2D eigenvalue weighted by molar-refractivity contribution is 6.31. The number of esters is 2. The Hall–Kier alpha value is -1.59. The van der Waals surface area contributed by atoms with Gasteiger partial charge in [-0.05, 0) is 37.9 Å². The average Bonchev–Trinajstić information content (AvgIpc) is 2.57. The first-order valence-electron chi connectivity index (χ1n) is 7.81. The monoisotopic (exact) mass is 339 g/mol. The summed E-state index contributed by atoms with van der Waals surface area (Å²) in [7, 11) is 1.36. The van der Waals surface area contributed by atoms with Gasteiger partial charge in [0.2, 0.25) is 0 Å². The SMILES string of the molecule is CCOC(=O)C1CCCN(C(C(=O)OC)c2ccccc2Cl)C1. The minimum Gasteiger partial charge on any atom is -0.468 e. The third-order valence-corrected chi connectivity index (χ3v) is 4.41. The summed E-state index contributed by atoms with van der Waals surface area (Å²) in [5.41, 5.74) is 0.700. The number of ether oxygens (including phenoxy) is 2. The molecule has 0 saturated carbocycles. The average molecular weight is 340 g/mol. The number of likely N-dealkylation sites (tertiary alicyclic amines) is 1. The van der Waals surface area contributed by atoms with Crippen molar-refractivity contribution in [3.63, 3.8) is 0 Å². The topological polar surface area (TPSA) is 55.8 Å². The van der Waals surface area contributed by atoms with Crippen LogP contribution in [-0.2, 0) is 19.1 Å². The van der Waals surface area contributed by atoms with Crippen LogP contribution in [0.5, 0.6) is 0 Å². The molecule has 0 spiro atoms. The molecule has 2 rings (SSSR count). The van der Waals surface area contributed by atoms with Gasteiger partial charge in [0.25, 0.3) is 0 Å². The summed E-state index contributed by atoms with van der Waals surface area (Å²) >= 11 is 6.26. The van der Waals surface area contributed by atoms with Crippen LogP contribution in [0.3, 0.4) is 0 Å². The maximum atomic E-state index is 12.3. The van der Waals surface area contributed by atoms with Crippen molar-refractivity contribution >= 4 is 23.5 Å². The van der Waals surface area contributed by atoms with Crippen molar-refractivity contribution in [2.24, 2.45) is 5.92 Å². The highest BCUT2D eigenvalue weighted by Gasteiger charge is 2.36. The summed E-state index contributed by atoms with van der Waals surface area (Å²) < 4.78 is 10.1. The van der Waals surface area contributed by atoms with E-state index in [1.807, 2.05) is 23.1 Å². The van der Waals surface area contributed by atoms with Gasteiger partial charge in [0, 0.05) is 11.6 Å². The van der Waals surface area contributed by atoms with Gasteiger partial charge in [-0.3, -0.25) is 9.69 Å². The van der Waals surface area contributed by atoms with E-state index in [1.165, 1.54) is 7.11 Å². The quantitative estimate of drug-likeness (QED) is 0.772. The zero-order valence-corrected chi connectivity index (χ0v) is 14.2. The third kappa shape index (κ3) is 4.24. The van der Waals surface area contributed by atoms with Gasteiger partial charge in [-0.1, -0.05) is 29.8 Å². The Labute approximate surface area is 141 Å². The van der Waals surface area contributed by atoms with Crippen LogP contribution in [0.25, 0.3) is 0 Å². The first-order valence-corrected chi connectivity index (χ1v) is 8.19. The van der Waals surface area contributed by atoms with E-state index in [0.717, 1.165) is 12.8 Å². The van der Waals surface area contributed by atoms with Crippen LogP contribution in [0.1, 0.15) is 31.4 Å². The second-order valence-corrected chi connectivity index (χ2v) is 5.94. The number of piperidine rings is 1. The fourth-order valence-electron chi connectivity index (χ4n) is 2.97. The highest BCUT2D eigenvalue weighted by atomic mass is 35.5. The van der Waals surface area contributed by atoms with Crippen molar-refractivity contribution in [3.8, 4) is 0 Å². The molecule has 1 aliphatic heterocycles. The van der Waals surface area contributed by atoms with Crippen LogP contribution in [-0.4, -0.2) is 43.6 Å². The predicted molar refractivity (Wildman–Crippen MR) is 87.1 cm³/mol. The lowest BCUT2D eigenvalue weighted by Gasteiger charge is -2.36. The Morgan fingerprint density at radius 3 is 2.78 bits per heavy atom. The number of methoxy groups -OCH3 is 1. The molecule has 126 valence electrons. The van der Waals surface area contributed by atoms with Gasteiger partial charge >= 0.3 is 11.9 Å². The number of hydrogen-bond donors (Lipinski definition) is 0. The van der Waals surface area contributed by atoms with Crippen molar-refractivity contribution < 1.29 is 19.1 Å². The number of carbonyl (C=O) groups excluding carboxylic acids is 2. The Bertz CT molecular complexity index is 563. The lowest BCUT2D eigenvalue weighted by atomic mass is 9.94. The number of nitrogens with zero attached hydrogens (tertiary/aromatic N) is 1. The fourth-order valence-corrected chi connectivity index (χ4v) is 3.21. The van der Waals surface area contributed by atoms with Gasteiger partial charge in [0.05, 0.1) is 19.6 Å². The Kier molecular flexibility index (Phi) is 6.42. The molecule has 1 fully saturated rings. The summed E-state index contributed by atoms with van der Waals surface area (Å²) in [4.78, 5) is 26.3. The van der Waals surface area contributed by atoms with Gasteiger partial charge < -0.3 is 9.47 Å². The van der Waals surface area contributed by atoms with E-state index in [1.54, 1.807) is 13.0 Å². The van der Waals surface area contributed by atoms with E-state index in [-0.39, 0.29) is 17.9 Å². The van der Waals surface area contributed by atoms with Gasteiger partial charge in [-0.2, -0.15) is 0 Å². The molecule has 0 radical (unpaired) electrons. The molecule has 2 atom stereocenters. The molecule has 6 heteroatoms. The van der Waals surface area contributed by atoms with Crippen LogP contribution in [0.2, 0.25) is 5.02 Å². The molecule has 1 aromatic rings. The molecule has 23 heavy (non-hydrogen) atoms. The minimum absolute atomic E-state index is 0.208. The normalized spacial score (nSPS) is 19.9. The smallest absolute Gasteiger partial charge is 0.327 e. The van der Waals surface area contributed by atoms with Gasteiger partial charge in [0.1, 0.15) is 6.04 Å². The van der Waals surface area contributed by atoms with Crippen molar-refractivity contribution in [2.75, 3.05) is 26.8 Å². The van der Waals surface area contributed by atoms with E-state index >= 15 is 0 Å². The number of rotatable bonds is 5. The zero-order valence-electron chi connectivity index (χ0n) is 13.5. The number of benzene rings is 1. The van der Waals surface area contributed by atoms with Crippen LogP contribution in [0.15, 0.2) is 24.3 Å². The molecule has 0 aliphatic carbocycles. The first-order chi connectivity index (χ1) is 11.1. The molecule has 2 unspecified atom stereocenters. The molecule has 5 nitrogen and oxygen atoms in total. The van der Waals surface area contributed by atoms with Crippen LogP contribution < -0.4 is 0 Å². The lowest BCUT2D eigenvalue weighted by Crippen LogP contribution is -2.44. The first kappa shape index (κ1) is 17.8. The van der Waals surface area contributed by atoms with Gasteiger partial charge in [-0.25, -0.2) is 4.79 Å². The molecule has 0 amide bonds. The molecular weight excluding hydrogens is 318 g/mol. The predicted octanol–water partition coefficient (Wildman–Crippen LogP) is 2.83. The Morgan fingerprint density at radius 2 is 2.13 bits per heavy atom. The summed E-state index contributed by atoms with van der Waals surface area (Å²) in [5, 5.41) is 0.515. The zero-order chi connectivity index (χ0) is 16.8. The number of halogens is 1.